The summed E-state index contributed by atoms with van der Waals surface area (Å²) in [5.74, 6) is -0.957. The van der Waals surface area contributed by atoms with E-state index in [0.29, 0.717) is 6.54 Å². The number of nitrogens with zero attached hydrogens (tertiary/aromatic N) is 2. The molecule has 2 bridgehead atoms. The minimum absolute atomic E-state index is 0.0501. The van der Waals surface area contributed by atoms with E-state index in [4.69, 9.17) is 21.1 Å². The highest BCUT2D eigenvalue weighted by Crippen LogP contribution is 2.38. The Bertz CT molecular complexity index is 1680. The van der Waals surface area contributed by atoms with Crippen molar-refractivity contribution in [1.29, 1.82) is 0 Å². The molecule has 248 valence electrons. The van der Waals surface area contributed by atoms with Gasteiger partial charge in [0, 0.05) is 62.0 Å². The average molecular weight is 663 g/mol. The molecule has 47 heavy (non-hydrogen) atoms. The zero-order valence-corrected chi connectivity index (χ0v) is 27.6. The van der Waals surface area contributed by atoms with Gasteiger partial charge in [-0.05, 0) is 85.2 Å². The van der Waals surface area contributed by atoms with Crippen LogP contribution in [0.2, 0.25) is 5.02 Å². The van der Waals surface area contributed by atoms with Gasteiger partial charge >= 0.3 is 0 Å². The Labute approximate surface area is 279 Å². The lowest BCUT2D eigenvalue weighted by molar-refractivity contribution is -0.128. The van der Waals surface area contributed by atoms with Crippen molar-refractivity contribution in [3.63, 3.8) is 0 Å². The molecule has 1 amide bonds. The fourth-order valence-electron chi connectivity index (χ4n) is 7.30. The van der Waals surface area contributed by atoms with E-state index < -0.39 is 17.4 Å². The number of carbonyl (C=O) groups is 1. The van der Waals surface area contributed by atoms with Gasteiger partial charge in [-0.3, -0.25) is 4.79 Å². The zero-order chi connectivity index (χ0) is 32.7. The number of rotatable bonds is 10. The fourth-order valence-corrected chi connectivity index (χ4v) is 7.45. The normalized spacial score (nSPS) is 22.4. The van der Waals surface area contributed by atoms with Gasteiger partial charge in [0.25, 0.3) is 5.91 Å². The number of piperazine rings is 1. The smallest absolute Gasteiger partial charge is 0.252 e. The first kappa shape index (κ1) is 31.9. The van der Waals surface area contributed by atoms with Gasteiger partial charge in [0.05, 0.1) is 24.8 Å². The Morgan fingerprint density at radius 2 is 1.87 bits per heavy atom. The molecule has 0 radical (unpaired) electrons. The van der Waals surface area contributed by atoms with Gasteiger partial charge in [0.1, 0.15) is 5.75 Å². The van der Waals surface area contributed by atoms with Crippen LogP contribution >= 0.6 is 11.6 Å². The molecule has 10 heteroatoms. The van der Waals surface area contributed by atoms with Crippen LogP contribution in [0.1, 0.15) is 42.4 Å². The Balaban J connectivity index is 1.10. The van der Waals surface area contributed by atoms with Crippen LogP contribution in [0.3, 0.4) is 0 Å². The predicted molar refractivity (Wildman–Crippen MR) is 180 cm³/mol. The number of benzene rings is 3. The first-order valence-electron chi connectivity index (χ1n) is 16.6. The number of amides is 1. The number of carbonyl (C=O) groups excluding carboxylic acids is 1. The lowest BCUT2D eigenvalue weighted by Gasteiger charge is -2.41. The number of anilines is 1. The molecule has 3 heterocycles. The molecule has 7 rings (SSSR count). The van der Waals surface area contributed by atoms with E-state index in [2.05, 4.69) is 57.7 Å². The molecule has 3 fully saturated rings. The van der Waals surface area contributed by atoms with Crippen LogP contribution in [0.4, 0.5) is 14.5 Å². The van der Waals surface area contributed by atoms with Crippen LogP contribution in [0.5, 0.6) is 11.5 Å². The first-order valence-corrected chi connectivity index (χ1v) is 16.9. The van der Waals surface area contributed by atoms with Gasteiger partial charge in [-0.2, -0.15) is 0 Å². The molecule has 7 nitrogen and oxygen atoms in total. The summed E-state index contributed by atoms with van der Waals surface area (Å²) < 4.78 is 39.6. The van der Waals surface area contributed by atoms with Crippen LogP contribution in [0.25, 0.3) is 5.57 Å². The summed E-state index contributed by atoms with van der Waals surface area (Å²) in [5, 5.41) is 7.10. The van der Waals surface area contributed by atoms with Gasteiger partial charge in [-0.1, -0.05) is 35.9 Å². The van der Waals surface area contributed by atoms with Crippen molar-refractivity contribution in [2.75, 3.05) is 44.8 Å². The van der Waals surface area contributed by atoms with E-state index in [0.717, 1.165) is 97.2 Å². The molecule has 0 unspecified atom stereocenters. The van der Waals surface area contributed by atoms with Gasteiger partial charge < -0.3 is 29.9 Å². The van der Waals surface area contributed by atoms with Crippen LogP contribution in [0.15, 0.2) is 60.2 Å². The number of fused-ring (bicyclic) bond motifs is 2. The van der Waals surface area contributed by atoms with Crippen molar-refractivity contribution in [3.8, 4) is 11.5 Å². The third kappa shape index (κ3) is 6.58. The van der Waals surface area contributed by atoms with Gasteiger partial charge in [-0.15, -0.1) is 0 Å². The monoisotopic (exact) mass is 662 g/mol. The predicted octanol–water partition coefficient (Wildman–Crippen LogP) is 6.12. The molecule has 0 spiro atoms. The lowest BCUT2D eigenvalue weighted by Crippen LogP contribution is -2.60. The number of halogens is 3. The molecule has 4 aliphatic rings. The highest BCUT2D eigenvalue weighted by atomic mass is 35.5. The van der Waals surface area contributed by atoms with Crippen molar-refractivity contribution in [3.05, 3.63) is 93.5 Å². The van der Waals surface area contributed by atoms with Crippen LogP contribution in [-0.2, 0) is 11.3 Å². The third-order valence-electron chi connectivity index (χ3n) is 10.1. The van der Waals surface area contributed by atoms with E-state index >= 15 is 0 Å². The quantitative estimate of drug-likeness (QED) is 0.255. The van der Waals surface area contributed by atoms with Crippen molar-refractivity contribution >= 4 is 28.8 Å². The molecule has 3 aromatic carbocycles. The molecular formula is C37H41ClF2N4O3. The second kappa shape index (κ2) is 13.5. The summed E-state index contributed by atoms with van der Waals surface area (Å²) in [4.78, 5) is 18.9. The summed E-state index contributed by atoms with van der Waals surface area (Å²) >= 11 is 5.82. The number of methoxy groups -OCH3 is 1. The van der Waals surface area contributed by atoms with Crippen molar-refractivity contribution in [1.82, 2.24) is 15.5 Å². The highest BCUT2D eigenvalue weighted by Gasteiger charge is 2.41. The number of hydrogen-bond donors (Lipinski definition) is 2. The van der Waals surface area contributed by atoms with Gasteiger partial charge in [0.15, 0.2) is 17.4 Å². The largest absolute Gasteiger partial charge is 0.496 e. The van der Waals surface area contributed by atoms with E-state index in [1.807, 2.05) is 12.1 Å². The summed E-state index contributed by atoms with van der Waals surface area (Å²) in [6.07, 6.45) is 3.67. The van der Waals surface area contributed by atoms with E-state index in [9.17, 15) is 13.6 Å². The second-order valence-corrected chi connectivity index (χ2v) is 13.6. The molecule has 1 aliphatic carbocycles. The van der Waals surface area contributed by atoms with Crippen LogP contribution in [0, 0.1) is 24.5 Å². The molecule has 2 saturated heterocycles. The average Bonchev–Trinajstić information content (AvgIpc) is 3.82. The molecular weight excluding hydrogens is 622 g/mol. The summed E-state index contributed by atoms with van der Waals surface area (Å²) in [6, 6.07) is 17.3. The minimum atomic E-state index is -0.863. The highest BCUT2D eigenvalue weighted by molar-refractivity contribution is 6.30. The zero-order valence-electron chi connectivity index (χ0n) is 26.8. The van der Waals surface area contributed by atoms with Crippen molar-refractivity contribution in [2.24, 2.45) is 5.92 Å². The summed E-state index contributed by atoms with van der Waals surface area (Å²) in [6.45, 7) is 5.95. The Hall–Kier alpha value is -3.66. The SMILES string of the molecule is COc1cccc(CN(C(=O)C2=C(c3ccc(N4CC[C@@H](COc5c(F)ccc(Cl)c5F)C4)cc3)C[C@H]3CNC[C@@H]2N3)C2CC2)c1C. The number of hydrogen-bond acceptors (Lipinski definition) is 6. The number of ether oxygens (including phenoxy) is 2. The van der Waals surface area contributed by atoms with E-state index in [-0.39, 0.29) is 41.6 Å². The third-order valence-corrected chi connectivity index (χ3v) is 10.4. The Morgan fingerprint density at radius 1 is 1.06 bits per heavy atom. The van der Waals surface area contributed by atoms with Crippen LogP contribution in [-0.4, -0.2) is 68.8 Å². The first-order chi connectivity index (χ1) is 22.8. The molecule has 2 N–H and O–H groups in total. The molecule has 0 aromatic heterocycles. The maximum absolute atomic E-state index is 14.6. The maximum Gasteiger partial charge on any atom is 0.252 e. The molecule has 3 aromatic rings. The lowest BCUT2D eigenvalue weighted by atomic mass is 9.83. The maximum atomic E-state index is 14.6. The standard InChI is InChI=1S/C37H41ClF2N4O3/c1-22-25(4-3-5-33(22)46-2)20-44(28-10-11-28)37(45)34-29(16-26-17-41-18-32(34)42-26)24-6-8-27(9-7-24)43-15-14-23(19-43)21-47-36-31(39)13-12-30(38)35(36)40/h3-9,12-13,23,26,28,32,41-42H,10-11,14-21H2,1-2H3/t23-,26+,32+/m1/s1. The van der Waals surface area contributed by atoms with Gasteiger partial charge in [0.2, 0.25) is 0 Å². The van der Waals surface area contributed by atoms with Gasteiger partial charge in [-0.25, -0.2) is 8.78 Å². The minimum Gasteiger partial charge on any atom is -0.496 e. The summed E-state index contributed by atoms with van der Waals surface area (Å²) in [5.41, 5.74) is 6.33. The fraction of sp³-hybridized carbons (Fsp3) is 0.432. The Kier molecular flexibility index (Phi) is 9.13. The van der Waals surface area contributed by atoms with Crippen molar-refractivity contribution < 1.29 is 23.0 Å². The van der Waals surface area contributed by atoms with Crippen LogP contribution < -0.4 is 25.0 Å². The number of nitrogens with one attached hydrogen (secondary N) is 2. The second-order valence-electron chi connectivity index (χ2n) is 13.2. The summed E-state index contributed by atoms with van der Waals surface area (Å²) in [7, 11) is 1.68. The molecule has 3 atom stereocenters. The Morgan fingerprint density at radius 3 is 2.64 bits per heavy atom. The molecule has 3 aliphatic heterocycles. The van der Waals surface area contributed by atoms with Crippen molar-refractivity contribution in [2.45, 2.75) is 57.3 Å². The van der Waals surface area contributed by atoms with E-state index in [1.165, 1.54) is 6.07 Å². The van der Waals surface area contributed by atoms with E-state index in [1.54, 1.807) is 7.11 Å². The molecule has 1 saturated carbocycles. The topological polar surface area (TPSA) is 66.1 Å².